The predicted molar refractivity (Wildman–Crippen MR) is 53.8 cm³/mol. The van der Waals surface area contributed by atoms with Crippen LogP contribution in [0.5, 0.6) is 0 Å². The van der Waals surface area contributed by atoms with Gasteiger partial charge in [-0.2, -0.15) is 0 Å². The van der Waals surface area contributed by atoms with Crippen LogP contribution in [0.25, 0.3) is 0 Å². The number of nitrogens with two attached hydrogens (primary N) is 1. The summed E-state index contributed by atoms with van der Waals surface area (Å²) < 4.78 is 1.12. The maximum absolute atomic E-state index is 6.05. The van der Waals surface area contributed by atoms with E-state index in [0.717, 1.165) is 10.4 Å². The third kappa shape index (κ3) is 1.70. The molecule has 0 amide bonds. The highest BCUT2D eigenvalue weighted by molar-refractivity contribution is 9.10. The Balaban J connectivity index is 2.20. The van der Waals surface area contributed by atoms with Crippen LogP contribution in [0.15, 0.2) is 28.7 Å². The predicted octanol–water partition coefficient (Wildman–Crippen LogP) is 2.86. The normalized spacial score (nSPS) is 19.2. The first-order chi connectivity index (χ1) is 5.77. The summed E-state index contributed by atoms with van der Waals surface area (Å²) in [5, 5.41) is 0. The zero-order chi connectivity index (χ0) is 8.55. The van der Waals surface area contributed by atoms with Gasteiger partial charge in [0.2, 0.25) is 0 Å². The molecular weight excluding hydrogens is 214 g/mol. The minimum Gasteiger partial charge on any atom is -0.324 e. The summed E-state index contributed by atoms with van der Waals surface area (Å²) >= 11 is 3.44. The van der Waals surface area contributed by atoms with Gasteiger partial charge >= 0.3 is 0 Å². The van der Waals surface area contributed by atoms with Crippen LogP contribution in [-0.4, -0.2) is 0 Å². The van der Waals surface area contributed by atoms with Gasteiger partial charge in [0.1, 0.15) is 0 Å². The zero-order valence-electron chi connectivity index (χ0n) is 6.83. The van der Waals surface area contributed by atoms with Crippen molar-refractivity contribution in [3.8, 4) is 0 Å². The Labute approximate surface area is 81.1 Å². The topological polar surface area (TPSA) is 26.0 Å². The molecule has 1 aliphatic rings. The van der Waals surface area contributed by atoms with E-state index in [1.165, 1.54) is 18.4 Å². The van der Waals surface area contributed by atoms with E-state index in [1.807, 2.05) is 12.1 Å². The molecule has 2 heteroatoms. The molecule has 1 nitrogen and oxygen atoms in total. The lowest BCUT2D eigenvalue weighted by atomic mass is 10.0. The molecule has 1 aliphatic carbocycles. The van der Waals surface area contributed by atoms with Gasteiger partial charge in [-0.05, 0) is 36.5 Å². The van der Waals surface area contributed by atoms with Crippen molar-refractivity contribution in [1.29, 1.82) is 0 Å². The molecule has 1 atom stereocenters. The van der Waals surface area contributed by atoms with Crippen LogP contribution in [0.2, 0.25) is 0 Å². The standard InChI is InChI=1S/C10H12BrN/c11-9-3-1-2-8(6-9)10(12)7-4-5-7/h1-3,6-7,10H,4-5,12H2/t10-/m1/s1. The van der Waals surface area contributed by atoms with Crippen molar-refractivity contribution in [2.24, 2.45) is 11.7 Å². The van der Waals surface area contributed by atoms with E-state index < -0.39 is 0 Å². The first kappa shape index (κ1) is 8.27. The lowest BCUT2D eigenvalue weighted by molar-refractivity contribution is 0.633. The van der Waals surface area contributed by atoms with Gasteiger partial charge in [-0.25, -0.2) is 0 Å². The van der Waals surface area contributed by atoms with Crippen molar-refractivity contribution in [2.75, 3.05) is 0 Å². The van der Waals surface area contributed by atoms with Gasteiger partial charge in [-0.15, -0.1) is 0 Å². The SMILES string of the molecule is N[C@@H](c1cccc(Br)c1)C1CC1. The number of benzene rings is 1. The summed E-state index contributed by atoms with van der Waals surface area (Å²) in [6.07, 6.45) is 2.60. The highest BCUT2D eigenvalue weighted by atomic mass is 79.9. The summed E-state index contributed by atoms with van der Waals surface area (Å²) in [6, 6.07) is 8.55. The fourth-order valence-corrected chi connectivity index (χ4v) is 1.86. The molecule has 0 radical (unpaired) electrons. The van der Waals surface area contributed by atoms with Gasteiger partial charge in [0.05, 0.1) is 0 Å². The number of rotatable bonds is 2. The minimum atomic E-state index is 0.252. The molecule has 0 saturated heterocycles. The van der Waals surface area contributed by atoms with E-state index in [2.05, 4.69) is 28.1 Å². The number of hydrogen-bond acceptors (Lipinski definition) is 1. The Morgan fingerprint density at radius 3 is 2.75 bits per heavy atom. The van der Waals surface area contributed by atoms with Crippen molar-refractivity contribution in [1.82, 2.24) is 0 Å². The van der Waals surface area contributed by atoms with E-state index in [4.69, 9.17) is 5.73 Å². The zero-order valence-corrected chi connectivity index (χ0v) is 8.42. The Morgan fingerprint density at radius 2 is 2.17 bits per heavy atom. The second kappa shape index (κ2) is 3.19. The van der Waals surface area contributed by atoms with E-state index in [0.29, 0.717) is 0 Å². The van der Waals surface area contributed by atoms with Crippen LogP contribution < -0.4 is 5.73 Å². The van der Waals surface area contributed by atoms with E-state index in [9.17, 15) is 0 Å². The van der Waals surface area contributed by atoms with Crippen molar-refractivity contribution in [2.45, 2.75) is 18.9 Å². The molecule has 12 heavy (non-hydrogen) atoms. The molecule has 64 valence electrons. The van der Waals surface area contributed by atoms with Crippen LogP contribution in [0.1, 0.15) is 24.4 Å². The second-order valence-corrected chi connectivity index (χ2v) is 4.33. The van der Waals surface area contributed by atoms with Gasteiger partial charge in [0, 0.05) is 10.5 Å². The molecule has 0 unspecified atom stereocenters. The lowest BCUT2D eigenvalue weighted by Crippen LogP contribution is -2.11. The van der Waals surface area contributed by atoms with Crippen LogP contribution in [0.3, 0.4) is 0 Å². The molecule has 1 aromatic carbocycles. The smallest absolute Gasteiger partial charge is 0.0323 e. The Morgan fingerprint density at radius 1 is 1.42 bits per heavy atom. The molecule has 0 aliphatic heterocycles. The average Bonchev–Trinajstić information content (AvgIpc) is 2.85. The molecule has 2 N–H and O–H groups in total. The lowest BCUT2D eigenvalue weighted by Gasteiger charge is -2.10. The van der Waals surface area contributed by atoms with Gasteiger partial charge in [-0.3, -0.25) is 0 Å². The van der Waals surface area contributed by atoms with Crippen molar-refractivity contribution in [3.63, 3.8) is 0 Å². The molecule has 0 aromatic heterocycles. The van der Waals surface area contributed by atoms with E-state index in [1.54, 1.807) is 0 Å². The van der Waals surface area contributed by atoms with E-state index >= 15 is 0 Å². The fourth-order valence-electron chi connectivity index (χ4n) is 1.44. The summed E-state index contributed by atoms with van der Waals surface area (Å²) in [5.74, 6) is 0.735. The Bertz CT molecular complexity index is 281. The first-order valence-corrected chi connectivity index (χ1v) is 5.08. The summed E-state index contributed by atoms with van der Waals surface area (Å²) in [4.78, 5) is 0. The van der Waals surface area contributed by atoms with Gasteiger partial charge in [0.15, 0.2) is 0 Å². The Kier molecular flexibility index (Phi) is 2.20. The highest BCUT2D eigenvalue weighted by Crippen LogP contribution is 2.39. The van der Waals surface area contributed by atoms with Crippen molar-refractivity contribution >= 4 is 15.9 Å². The molecule has 1 saturated carbocycles. The molecular formula is C10H12BrN. The molecule has 0 spiro atoms. The first-order valence-electron chi connectivity index (χ1n) is 4.28. The van der Waals surface area contributed by atoms with Crippen LogP contribution in [0, 0.1) is 5.92 Å². The van der Waals surface area contributed by atoms with Crippen LogP contribution in [-0.2, 0) is 0 Å². The number of hydrogen-bond donors (Lipinski definition) is 1. The third-order valence-electron chi connectivity index (χ3n) is 2.36. The second-order valence-electron chi connectivity index (χ2n) is 3.42. The van der Waals surface area contributed by atoms with Crippen LogP contribution >= 0.6 is 15.9 Å². The van der Waals surface area contributed by atoms with Gasteiger partial charge in [0.25, 0.3) is 0 Å². The monoisotopic (exact) mass is 225 g/mol. The largest absolute Gasteiger partial charge is 0.324 e. The summed E-state index contributed by atoms with van der Waals surface area (Å²) in [5.41, 5.74) is 7.30. The third-order valence-corrected chi connectivity index (χ3v) is 2.86. The van der Waals surface area contributed by atoms with Crippen LogP contribution in [0.4, 0.5) is 0 Å². The van der Waals surface area contributed by atoms with Crippen molar-refractivity contribution in [3.05, 3.63) is 34.3 Å². The quantitative estimate of drug-likeness (QED) is 0.824. The minimum absolute atomic E-state index is 0.252. The van der Waals surface area contributed by atoms with Crippen molar-refractivity contribution < 1.29 is 0 Å². The molecule has 1 aromatic rings. The van der Waals surface area contributed by atoms with Gasteiger partial charge < -0.3 is 5.73 Å². The maximum atomic E-state index is 6.05. The number of halogens is 1. The Hall–Kier alpha value is -0.340. The molecule has 2 rings (SSSR count). The molecule has 1 fully saturated rings. The average molecular weight is 226 g/mol. The molecule has 0 bridgehead atoms. The summed E-state index contributed by atoms with van der Waals surface area (Å²) in [7, 11) is 0. The molecule has 0 heterocycles. The fraction of sp³-hybridized carbons (Fsp3) is 0.400. The van der Waals surface area contributed by atoms with Gasteiger partial charge in [-0.1, -0.05) is 28.1 Å². The maximum Gasteiger partial charge on any atom is 0.0323 e. The highest BCUT2D eigenvalue weighted by Gasteiger charge is 2.29. The summed E-state index contributed by atoms with van der Waals surface area (Å²) in [6.45, 7) is 0. The van der Waals surface area contributed by atoms with E-state index in [-0.39, 0.29) is 6.04 Å².